The van der Waals surface area contributed by atoms with E-state index in [1.54, 1.807) is 0 Å². The van der Waals surface area contributed by atoms with E-state index < -0.39 is 6.10 Å². The summed E-state index contributed by atoms with van der Waals surface area (Å²) < 4.78 is 17.3. The molecule has 0 rings (SSSR count). The Bertz CT molecular complexity index is 1250. The predicted octanol–water partition coefficient (Wildman–Crippen LogP) is 17.2. The molecule has 0 saturated heterocycles. The molecule has 0 aliphatic carbocycles. The highest BCUT2D eigenvalue weighted by atomic mass is 16.6. The molecular weight excluding hydrogens is 765 g/mol. The lowest BCUT2D eigenvalue weighted by molar-refractivity contribution is -0.163. The van der Waals surface area contributed by atoms with Gasteiger partial charge >= 0.3 is 11.9 Å². The molecule has 62 heavy (non-hydrogen) atoms. The van der Waals surface area contributed by atoms with Gasteiger partial charge in [0.1, 0.15) is 6.61 Å². The zero-order valence-corrected chi connectivity index (χ0v) is 40.3. The maximum atomic E-state index is 12.8. The fourth-order valence-electron chi connectivity index (χ4n) is 6.49. The summed E-state index contributed by atoms with van der Waals surface area (Å²) in [6, 6.07) is 0. The van der Waals surface area contributed by atoms with Gasteiger partial charge in [-0.2, -0.15) is 0 Å². The average molecular weight is 859 g/mol. The van der Waals surface area contributed by atoms with Crippen molar-refractivity contribution in [2.45, 2.75) is 219 Å². The molecule has 352 valence electrons. The van der Waals surface area contributed by atoms with Gasteiger partial charge in [-0.1, -0.05) is 194 Å². The Morgan fingerprint density at radius 3 is 1.16 bits per heavy atom. The number of hydrogen-bond donors (Lipinski definition) is 0. The van der Waals surface area contributed by atoms with Crippen LogP contribution in [0.3, 0.4) is 0 Å². The van der Waals surface area contributed by atoms with Crippen LogP contribution in [0.25, 0.3) is 0 Å². The highest BCUT2D eigenvalue weighted by molar-refractivity contribution is 5.70. The molecule has 0 aromatic heterocycles. The lowest BCUT2D eigenvalue weighted by atomic mass is 10.1. The van der Waals surface area contributed by atoms with Crippen LogP contribution in [-0.2, 0) is 23.8 Å². The fourth-order valence-corrected chi connectivity index (χ4v) is 6.49. The molecule has 0 spiro atoms. The van der Waals surface area contributed by atoms with Crippen LogP contribution in [-0.4, -0.2) is 37.9 Å². The Morgan fingerprint density at radius 2 is 0.726 bits per heavy atom. The third-order valence-electron chi connectivity index (χ3n) is 10.2. The Balaban J connectivity index is 4.36. The number of allylic oxidation sites excluding steroid dienone is 18. The highest BCUT2D eigenvalue weighted by Gasteiger charge is 2.17. The minimum Gasteiger partial charge on any atom is -0.462 e. The van der Waals surface area contributed by atoms with Crippen LogP contribution in [0, 0.1) is 0 Å². The van der Waals surface area contributed by atoms with Gasteiger partial charge < -0.3 is 14.2 Å². The molecule has 0 aromatic rings. The summed E-state index contributed by atoms with van der Waals surface area (Å²) in [5.41, 5.74) is 0. The molecule has 0 amide bonds. The molecule has 0 N–H and O–H groups in total. The molecular formula is C57H94O5. The largest absolute Gasteiger partial charge is 0.462 e. The standard InChI is InChI=1S/C57H94O5/c1-4-7-10-13-16-19-22-25-26-27-28-29-30-31-34-37-40-43-46-49-52-60-53-55(62-57(59)51-48-45-42-39-36-33-24-21-18-15-12-9-6-3)54-61-56(58)50-47-44-41-38-35-32-23-20-17-14-11-8-5-2/h7,10-12,14-16,19-21,23-26,28-29,31,34,55H,4-6,8-9,13,17-18,22,27,30,32-33,35-54H2,1-3H3/b10-7-,14-11-,15-12-,19-16-,23-20-,24-21-,26-25-,29-28-,34-31-. The summed E-state index contributed by atoms with van der Waals surface area (Å²) in [4.78, 5) is 25.4. The molecule has 1 unspecified atom stereocenters. The van der Waals surface area contributed by atoms with E-state index in [4.69, 9.17) is 14.2 Å². The van der Waals surface area contributed by atoms with Crippen molar-refractivity contribution in [3.8, 4) is 0 Å². The summed E-state index contributed by atoms with van der Waals surface area (Å²) in [6.07, 6.45) is 70.9. The van der Waals surface area contributed by atoms with Crippen molar-refractivity contribution in [2.24, 2.45) is 0 Å². The minimum atomic E-state index is -0.569. The molecule has 0 saturated carbocycles. The molecule has 0 aliphatic rings. The second kappa shape index (κ2) is 51.9. The van der Waals surface area contributed by atoms with Crippen molar-refractivity contribution in [3.63, 3.8) is 0 Å². The number of rotatable bonds is 45. The van der Waals surface area contributed by atoms with Gasteiger partial charge in [0.2, 0.25) is 0 Å². The first kappa shape index (κ1) is 58.6. The smallest absolute Gasteiger partial charge is 0.306 e. The molecule has 1 atom stereocenters. The summed E-state index contributed by atoms with van der Waals surface area (Å²) in [5, 5.41) is 0. The van der Waals surface area contributed by atoms with Gasteiger partial charge in [-0.3, -0.25) is 9.59 Å². The van der Waals surface area contributed by atoms with Crippen molar-refractivity contribution >= 4 is 11.9 Å². The van der Waals surface area contributed by atoms with Crippen LogP contribution < -0.4 is 0 Å². The molecule has 0 radical (unpaired) electrons. The van der Waals surface area contributed by atoms with Gasteiger partial charge in [0.15, 0.2) is 6.10 Å². The van der Waals surface area contributed by atoms with Crippen molar-refractivity contribution in [1.82, 2.24) is 0 Å². The Labute approximate surface area is 383 Å². The van der Waals surface area contributed by atoms with Crippen LogP contribution in [0.15, 0.2) is 109 Å². The van der Waals surface area contributed by atoms with E-state index >= 15 is 0 Å². The first-order valence-electron chi connectivity index (χ1n) is 25.4. The monoisotopic (exact) mass is 859 g/mol. The van der Waals surface area contributed by atoms with Gasteiger partial charge in [-0.15, -0.1) is 0 Å². The van der Waals surface area contributed by atoms with E-state index in [0.29, 0.717) is 19.4 Å². The first-order valence-corrected chi connectivity index (χ1v) is 25.4. The third kappa shape index (κ3) is 49.2. The van der Waals surface area contributed by atoms with Crippen molar-refractivity contribution in [2.75, 3.05) is 19.8 Å². The second-order valence-corrected chi connectivity index (χ2v) is 16.3. The zero-order valence-electron chi connectivity index (χ0n) is 40.3. The molecule has 5 nitrogen and oxygen atoms in total. The summed E-state index contributed by atoms with van der Waals surface area (Å²) in [7, 11) is 0. The zero-order chi connectivity index (χ0) is 44.9. The van der Waals surface area contributed by atoms with E-state index in [1.165, 1.54) is 44.9 Å². The van der Waals surface area contributed by atoms with E-state index in [1.807, 2.05) is 0 Å². The van der Waals surface area contributed by atoms with Crippen LogP contribution in [0.2, 0.25) is 0 Å². The quantitative estimate of drug-likeness (QED) is 0.0347. The lowest BCUT2D eigenvalue weighted by Gasteiger charge is -2.18. The van der Waals surface area contributed by atoms with Gasteiger partial charge in [-0.05, 0) is 116 Å². The number of esters is 2. The maximum Gasteiger partial charge on any atom is 0.306 e. The SMILES string of the molecule is CC/C=C\C/C=C\C/C=C\C/C=C\C/C=C\CCCCCCOCC(COC(=O)CCCCCCC/C=C\C/C=C\CCC)OC(=O)CCCCCCC/C=C\C/C=C\CCC. The number of ether oxygens (including phenoxy) is 3. The average Bonchev–Trinajstić information content (AvgIpc) is 3.27. The normalized spacial score (nSPS) is 13.1. The van der Waals surface area contributed by atoms with Gasteiger partial charge in [0, 0.05) is 19.4 Å². The topological polar surface area (TPSA) is 61.8 Å². The number of unbranched alkanes of at least 4 members (excludes halogenated alkanes) is 16. The van der Waals surface area contributed by atoms with Crippen LogP contribution in [0.4, 0.5) is 0 Å². The summed E-state index contributed by atoms with van der Waals surface area (Å²) >= 11 is 0. The van der Waals surface area contributed by atoms with Crippen molar-refractivity contribution in [3.05, 3.63) is 109 Å². The van der Waals surface area contributed by atoms with E-state index in [9.17, 15) is 9.59 Å². The number of carbonyl (C=O) groups excluding carboxylic acids is 2. The van der Waals surface area contributed by atoms with Crippen LogP contribution in [0.5, 0.6) is 0 Å². The van der Waals surface area contributed by atoms with E-state index in [2.05, 4.69) is 130 Å². The van der Waals surface area contributed by atoms with Crippen molar-refractivity contribution < 1.29 is 23.8 Å². The summed E-state index contributed by atoms with van der Waals surface area (Å²) in [6.45, 7) is 7.49. The van der Waals surface area contributed by atoms with E-state index in [0.717, 1.165) is 135 Å². The Hall–Kier alpha value is -3.44. The van der Waals surface area contributed by atoms with Gasteiger partial charge in [0.05, 0.1) is 6.61 Å². The van der Waals surface area contributed by atoms with Crippen molar-refractivity contribution in [1.29, 1.82) is 0 Å². The molecule has 0 aliphatic heterocycles. The molecule has 0 heterocycles. The third-order valence-corrected chi connectivity index (χ3v) is 10.2. The highest BCUT2D eigenvalue weighted by Crippen LogP contribution is 2.12. The van der Waals surface area contributed by atoms with Gasteiger partial charge in [-0.25, -0.2) is 0 Å². The van der Waals surface area contributed by atoms with Crippen LogP contribution >= 0.6 is 0 Å². The van der Waals surface area contributed by atoms with Crippen LogP contribution in [0.1, 0.15) is 213 Å². The predicted molar refractivity (Wildman–Crippen MR) is 269 cm³/mol. The Morgan fingerprint density at radius 1 is 0.371 bits per heavy atom. The summed E-state index contributed by atoms with van der Waals surface area (Å²) in [5.74, 6) is -0.452. The fraction of sp³-hybridized carbons (Fsp3) is 0.649. The number of hydrogen-bond acceptors (Lipinski definition) is 5. The van der Waals surface area contributed by atoms with Gasteiger partial charge in [0.25, 0.3) is 0 Å². The Kier molecular flexibility index (Phi) is 49.0. The first-order chi connectivity index (χ1) is 30.6. The van der Waals surface area contributed by atoms with E-state index in [-0.39, 0.29) is 25.2 Å². The molecule has 0 fully saturated rings. The molecule has 5 heteroatoms. The minimum absolute atomic E-state index is 0.0553. The molecule has 0 bridgehead atoms. The lowest BCUT2D eigenvalue weighted by Crippen LogP contribution is -2.30. The second-order valence-electron chi connectivity index (χ2n) is 16.3. The molecule has 0 aromatic carbocycles. The number of carbonyl (C=O) groups is 2. The maximum absolute atomic E-state index is 12.8.